The van der Waals surface area contributed by atoms with Crippen LogP contribution >= 0.6 is 0 Å². The van der Waals surface area contributed by atoms with Gasteiger partial charge in [0.1, 0.15) is 0 Å². The predicted molar refractivity (Wildman–Crippen MR) is 367 cm³/mol. The summed E-state index contributed by atoms with van der Waals surface area (Å²) in [4.78, 5) is 16.7. The first-order valence-corrected chi connectivity index (χ1v) is 30.2. The van der Waals surface area contributed by atoms with E-state index in [0.717, 1.165) is 89.3 Å². The second-order valence-corrected chi connectivity index (χ2v) is 23.9. The van der Waals surface area contributed by atoms with Gasteiger partial charge in [-0.15, -0.1) is 0 Å². The smallest absolute Gasteiger partial charge is 0.153 e. The number of aromatic nitrogens is 1. The molecule has 3 atom stereocenters. The van der Waals surface area contributed by atoms with Crippen molar-refractivity contribution in [1.82, 2.24) is 4.98 Å². The maximum atomic E-state index is 6.00. The second kappa shape index (κ2) is 19.2. The Bertz CT molecular complexity index is 5450. The van der Waals surface area contributed by atoms with Gasteiger partial charge in [0, 0.05) is 33.6 Å². The van der Waals surface area contributed by atoms with E-state index in [2.05, 4.69) is 303 Å². The predicted octanol–water partition coefficient (Wildman–Crippen LogP) is 20.8. The highest BCUT2D eigenvalue weighted by Crippen LogP contribution is 2.50. The molecule has 3 aliphatic rings. The lowest BCUT2D eigenvalue weighted by Gasteiger charge is -2.37. The van der Waals surface area contributed by atoms with Crippen molar-refractivity contribution in [3.63, 3.8) is 0 Å². The van der Waals surface area contributed by atoms with Crippen LogP contribution in [-0.2, 0) is 5.66 Å². The molecule has 14 aromatic carbocycles. The van der Waals surface area contributed by atoms with E-state index >= 15 is 0 Å². The summed E-state index contributed by atoms with van der Waals surface area (Å²) in [5, 5.41) is 20.4. The van der Waals surface area contributed by atoms with Crippen LogP contribution in [0.15, 0.2) is 301 Å². The highest BCUT2D eigenvalue weighted by molar-refractivity contribution is 6.29. The van der Waals surface area contributed by atoms with Crippen LogP contribution < -0.4 is 5.32 Å². The van der Waals surface area contributed by atoms with Gasteiger partial charge in [0.15, 0.2) is 5.66 Å². The van der Waals surface area contributed by atoms with Crippen molar-refractivity contribution in [1.29, 1.82) is 0 Å². The Morgan fingerprint density at radius 2 is 0.931 bits per heavy atom. The minimum atomic E-state index is -0.921. The molecule has 0 amide bonds. The van der Waals surface area contributed by atoms with E-state index in [0.29, 0.717) is 0 Å². The van der Waals surface area contributed by atoms with Gasteiger partial charge in [-0.1, -0.05) is 261 Å². The molecule has 0 spiro atoms. The Hall–Kier alpha value is -11.1. The van der Waals surface area contributed by atoms with Crippen LogP contribution in [-0.4, -0.2) is 22.4 Å². The Labute approximate surface area is 503 Å². The third kappa shape index (κ3) is 7.88. The Balaban J connectivity index is 0.856. The van der Waals surface area contributed by atoms with Crippen molar-refractivity contribution in [2.24, 2.45) is 15.9 Å². The lowest BCUT2D eigenvalue weighted by molar-refractivity contribution is 0.572. The van der Waals surface area contributed by atoms with Gasteiger partial charge in [0.05, 0.1) is 34.4 Å². The number of nitrogens with one attached hydrogen (secondary N) is 1. The molecule has 0 bridgehead atoms. The summed E-state index contributed by atoms with van der Waals surface area (Å²) in [7, 11) is 0. The van der Waals surface area contributed by atoms with Crippen LogP contribution in [0, 0.1) is 5.92 Å². The van der Waals surface area contributed by atoms with E-state index in [4.69, 9.17) is 15.0 Å². The minimum absolute atomic E-state index is 0.0111. The molecule has 4 nitrogen and oxygen atoms in total. The van der Waals surface area contributed by atoms with Gasteiger partial charge in [0.25, 0.3) is 0 Å². The lowest BCUT2D eigenvalue weighted by atomic mass is 9.81. The summed E-state index contributed by atoms with van der Waals surface area (Å²) >= 11 is 0. The lowest BCUT2D eigenvalue weighted by Crippen LogP contribution is -2.36. The fourth-order valence-electron chi connectivity index (χ4n) is 14.7. The second-order valence-electron chi connectivity index (χ2n) is 23.9. The molecule has 0 saturated heterocycles. The van der Waals surface area contributed by atoms with Crippen molar-refractivity contribution < 1.29 is 0 Å². The van der Waals surface area contributed by atoms with Crippen molar-refractivity contribution in [3.05, 3.63) is 319 Å². The summed E-state index contributed by atoms with van der Waals surface area (Å²) in [6, 6.07) is 96.0. The van der Waals surface area contributed by atoms with Crippen molar-refractivity contribution in [3.8, 4) is 44.6 Å². The Kier molecular flexibility index (Phi) is 10.9. The summed E-state index contributed by atoms with van der Waals surface area (Å²) in [5.41, 5.74) is 18.5. The van der Waals surface area contributed by atoms with E-state index in [1.165, 1.54) is 81.3 Å². The number of pyridine rings is 1. The van der Waals surface area contributed by atoms with Crippen LogP contribution in [0.4, 0.5) is 5.69 Å². The van der Waals surface area contributed by atoms with Crippen molar-refractivity contribution in [2.75, 3.05) is 5.32 Å². The fourth-order valence-corrected chi connectivity index (χ4v) is 14.7. The topological polar surface area (TPSA) is 49.6 Å². The van der Waals surface area contributed by atoms with Crippen molar-refractivity contribution >= 4 is 98.2 Å². The highest BCUT2D eigenvalue weighted by atomic mass is 15.2. The molecular formula is C83H54N4. The standard InChI is InChI=1S/C83H54N4/c1-83(62-40-34-53(35-41-62)76-49-70(51-16-6-3-7-17-51)66-23-9-11-25-74(66)85-76)86-81(60-32-26-52(27-33-60)75-48-69(50-14-4-2-5-15-50)65-22-8-10-24-73(65)84-75)72-47-61(63-42-36-58-30-28-54-18-12-20-56-38-44-67(63)79(58)77(54)56)46-71(82(72)87-83)64-43-37-59-31-29-55-19-13-21-57-39-45-68(64)80(59)78(55)57/h2-49,65,73,87H,1H3. The number of para-hydroxylation sites is 1. The SMILES string of the molecule is CC1(c2ccc(-c3cc(-c4ccccc4)c4ccccc4n3)cc2)N=C(c2ccc(C3=NC4C=CC=CC4C(c4ccccc4)=C3)cc2)c2cc(-c3ccc4ccc5cccc6ccc3c4c56)cc(-c3ccc4ccc5cccc6ccc3c4c56)c2N1. The zero-order valence-electron chi connectivity index (χ0n) is 47.7. The molecule has 3 unspecified atom stereocenters. The molecule has 406 valence electrons. The minimum Gasteiger partial charge on any atom is -0.357 e. The third-order valence-corrected chi connectivity index (χ3v) is 18.9. The first-order chi connectivity index (χ1) is 42.9. The zero-order valence-corrected chi connectivity index (χ0v) is 47.7. The average Bonchev–Trinajstić information content (AvgIpc) is 1.05. The Morgan fingerprint density at radius 1 is 0.379 bits per heavy atom. The number of rotatable bonds is 8. The largest absolute Gasteiger partial charge is 0.357 e. The van der Waals surface area contributed by atoms with E-state index in [1.807, 2.05) is 0 Å². The van der Waals surface area contributed by atoms with E-state index in [9.17, 15) is 0 Å². The highest BCUT2D eigenvalue weighted by Gasteiger charge is 2.36. The quantitative estimate of drug-likeness (QED) is 0.154. The first-order valence-electron chi connectivity index (χ1n) is 30.2. The first kappa shape index (κ1) is 49.4. The van der Waals surface area contributed by atoms with Crippen LogP contribution in [0.25, 0.3) is 126 Å². The molecule has 1 aliphatic carbocycles. The normalized spacial score (nSPS) is 17.3. The average molecular weight is 1110 g/mol. The number of dihydropyridines is 1. The molecule has 15 aromatic rings. The van der Waals surface area contributed by atoms with E-state index in [-0.39, 0.29) is 12.0 Å². The summed E-state index contributed by atoms with van der Waals surface area (Å²) in [6.07, 6.45) is 11.1. The van der Waals surface area contributed by atoms with Gasteiger partial charge in [-0.25, -0.2) is 4.98 Å². The van der Waals surface area contributed by atoms with Crippen LogP contribution in [0.1, 0.15) is 34.7 Å². The number of allylic oxidation sites excluding steroid dienone is 3. The number of nitrogens with zero attached hydrogens (tertiary/aromatic N) is 3. The van der Waals surface area contributed by atoms with Crippen molar-refractivity contribution in [2.45, 2.75) is 18.6 Å². The van der Waals surface area contributed by atoms with Crippen LogP contribution in [0.3, 0.4) is 0 Å². The number of benzene rings is 14. The maximum absolute atomic E-state index is 6.00. The molecule has 18 rings (SSSR count). The number of hydrogen-bond acceptors (Lipinski definition) is 4. The molecule has 4 heteroatoms. The molecule has 87 heavy (non-hydrogen) atoms. The van der Waals surface area contributed by atoms with E-state index in [1.54, 1.807) is 0 Å². The molecule has 2 aliphatic heterocycles. The van der Waals surface area contributed by atoms with Gasteiger partial charge in [-0.2, -0.15) is 0 Å². The number of aliphatic imine (C=N–C) groups is 2. The third-order valence-electron chi connectivity index (χ3n) is 18.9. The Morgan fingerprint density at radius 3 is 1.62 bits per heavy atom. The molecule has 1 aromatic heterocycles. The molecule has 1 N–H and O–H groups in total. The van der Waals surface area contributed by atoms with Gasteiger partial charge >= 0.3 is 0 Å². The number of anilines is 1. The molecule has 0 radical (unpaired) electrons. The summed E-state index contributed by atoms with van der Waals surface area (Å²) < 4.78 is 0. The van der Waals surface area contributed by atoms with Gasteiger partial charge in [-0.3, -0.25) is 9.98 Å². The maximum Gasteiger partial charge on any atom is 0.153 e. The van der Waals surface area contributed by atoms with Crippen LogP contribution in [0.5, 0.6) is 0 Å². The number of hydrogen-bond donors (Lipinski definition) is 1. The van der Waals surface area contributed by atoms with Gasteiger partial charge in [-0.05, 0) is 152 Å². The van der Waals surface area contributed by atoms with Gasteiger partial charge in [0.2, 0.25) is 0 Å². The molecular weight excluding hydrogens is 1050 g/mol. The summed E-state index contributed by atoms with van der Waals surface area (Å²) in [5.74, 6) is 0.175. The van der Waals surface area contributed by atoms with E-state index < -0.39 is 5.66 Å². The van der Waals surface area contributed by atoms with Gasteiger partial charge < -0.3 is 5.32 Å². The monoisotopic (exact) mass is 1110 g/mol. The molecule has 0 saturated carbocycles. The molecule has 3 heterocycles. The van der Waals surface area contributed by atoms with Crippen LogP contribution in [0.2, 0.25) is 0 Å². The zero-order chi connectivity index (χ0) is 57.3. The number of fused-ring (bicyclic) bond motifs is 3. The fraction of sp³-hybridized carbons (Fsp3) is 0.0482. The molecule has 0 fully saturated rings. The summed E-state index contributed by atoms with van der Waals surface area (Å²) in [6.45, 7) is 2.24.